The summed E-state index contributed by atoms with van der Waals surface area (Å²) in [5, 5.41) is 4.03. The number of benzene rings is 2. The summed E-state index contributed by atoms with van der Waals surface area (Å²) in [5.74, 6) is 0.942. The summed E-state index contributed by atoms with van der Waals surface area (Å²) < 4.78 is 7.14. The van der Waals surface area contributed by atoms with Gasteiger partial charge in [0.05, 0.1) is 12.2 Å². The number of rotatable bonds is 5. The Hall–Kier alpha value is -1.68. The molecule has 3 heterocycles. The van der Waals surface area contributed by atoms with Crippen molar-refractivity contribution < 1.29 is 4.74 Å². The lowest BCUT2D eigenvalue weighted by Crippen LogP contribution is -2.81. The molecular formula is C29H36N2O. The standard InChI is InChI=1S/C29H36N2O/c1-21-7-10-24-16-26-29-12-11-27(20-32-29,30-17-22-5-3-2-4-6-22)19-28(29,25(24)15-21)13-14-31(26)18-23-8-9-23/h2-7,10,15,23,26,30H,8-9,11-14,16-20H2,1H3/t26-,27+,28-,29-/m1/s1. The molecule has 0 amide bonds. The lowest BCUT2D eigenvalue weighted by atomic mass is 9.45. The molecule has 0 unspecified atom stereocenters. The van der Waals surface area contributed by atoms with E-state index in [9.17, 15) is 0 Å². The average molecular weight is 429 g/mol. The molecule has 4 atom stereocenters. The van der Waals surface area contributed by atoms with E-state index in [0.717, 1.165) is 19.1 Å². The van der Waals surface area contributed by atoms with Gasteiger partial charge in [-0.2, -0.15) is 0 Å². The molecule has 3 aliphatic carbocycles. The second kappa shape index (κ2) is 6.91. The molecular weight excluding hydrogens is 392 g/mol. The number of fused-ring (bicyclic) bond motifs is 3. The largest absolute Gasteiger partial charge is 0.371 e. The molecule has 1 spiro atoms. The van der Waals surface area contributed by atoms with E-state index in [1.165, 1.54) is 69.2 Å². The van der Waals surface area contributed by atoms with E-state index < -0.39 is 0 Å². The van der Waals surface area contributed by atoms with Crippen molar-refractivity contribution >= 4 is 0 Å². The monoisotopic (exact) mass is 428 g/mol. The lowest BCUT2D eigenvalue weighted by Gasteiger charge is -2.72. The second-order valence-electron chi connectivity index (χ2n) is 11.6. The quantitative estimate of drug-likeness (QED) is 0.743. The van der Waals surface area contributed by atoms with E-state index >= 15 is 0 Å². The van der Waals surface area contributed by atoms with Gasteiger partial charge in [0, 0.05) is 30.1 Å². The van der Waals surface area contributed by atoms with Gasteiger partial charge in [-0.1, -0.05) is 54.1 Å². The van der Waals surface area contributed by atoms with Gasteiger partial charge in [-0.3, -0.25) is 4.90 Å². The van der Waals surface area contributed by atoms with Crippen LogP contribution in [0.5, 0.6) is 0 Å². The van der Waals surface area contributed by atoms with Gasteiger partial charge in [0.15, 0.2) is 0 Å². The first-order chi connectivity index (χ1) is 15.6. The zero-order chi connectivity index (χ0) is 21.4. The van der Waals surface area contributed by atoms with Crippen LogP contribution >= 0.6 is 0 Å². The van der Waals surface area contributed by atoms with Gasteiger partial charge in [-0.15, -0.1) is 0 Å². The molecule has 1 N–H and O–H groups in total. The Morgan fingerprint density at radius 1 is 1.06 bits per heavy atom. The maximum absolute atomic E-state index is 7.14. The topological polar surface area (TPSA) is 24.5 Å². The van der Waals surface area contributed by atoms with Gasteiger partial charge >= 0.3 is 0 Å². The number of nitrogens with one attached hydrogen (secondary N) is 1. The van der Waals surface area contributed by atoms with Crippen molar-refractivity contribution in [3.63, 3.8) is 0 Å². The van der Waals surface area contributed by atoms with Crippen LogP contribution in [0.1, 0.15) is 60.8 Å². The first-order valence-corrected chi connectivity index (χ1v) is 12.9. The van der Waals surface area contributed by atoms with Gasteiger partial charge in [-0.25, -0.2) is 0 Å². The van der Waals surface area contributed by atoms with E-state index in [1.54, 1.807) is 11.1 Å². The average Bonchev–Trinajstić information content (AvgIpc) is 3.65. The molecule has 168 valence electrons. The normalized spacial score (nSPS) is 37.7. The van der Waals surface area contributed by atoms with Gasteiger partial charge in [-0.05, 0) is 81.0 Å². The molecule has 3 nitrogen and oxygen atoms in total. The molecule has 5 fully saturated rings. The SMILES string of the molecule is Cc1ccc2c(c1)[C@]13CCN(CC4CC4)[C@H](C2)[C@]12CC[C@@](NCc1ccccc1)(CO2)C3. The highest BCUT2D eigenvalue weighted by molar-refractivity contribution is 5.48. The molecule has 4 bridgehead atoms. The Bertz CT molecular complexity index is 1020. The number of likely N-dealkylation sites (tertiary alicyclic amines) is 1. The minimum Gasteiger partial charge on any atom is -0.371 e. The van der Waals surface area contributed by atoms with Crippen LogP contribution in [0.4, 0.5) is 0 Å². The van der Waals surface area contributed by atoms with Crippen molar-refractivity contribution in [3.8, 4) is 0 Å². The predicted molar refractivity (Wildman–Crippen MR) is 128 cm³/mol. The van der Waals surface area contributed by atoms with E-state index in [0.29, 0.717) is 6.04 Å². The molecule has 3 aliphatic heterocycles. The van der Waals surface area contributed by atoms with Gasteiger partial charge in [0.2, 0.25) is 0 Å². The van der Waals surface area contributed by atoms with Crippen molar-refractivity contribution in [3.05, 3.63) is 70.8 Å². The summed E-state index contributed by atoms with van der Waals surface area (Å²) >= 11 is 0. The summed E-state index contributed by atoms with van der Waals surface area (Å²) in [7, 11) is 0. The summed E-state index contributed by atoms with van der Waals surface area (Å²) in [6.07, 6.45) is 8.98. The molecule has 3 saturated heterocycles. The van der Waals surface area contributed by atoms with Gasteiger partial charge in [0.1, 0.15) is 0 Å². The van der Waals surface area contributed by atoms with Crippen molar-refractivity contribution in [2.24, 2.45) is 5.92 Å². The fourth-order valence-electron chi connectivity index (χ4n) is 7.96. The van der Waals surface area contributed by atoms with E-state index in [4.69, 9.17) is 4.74 Å². The first-order valence-electron chi connectivity index (χ1n) is 12.9. The van der Waals surface area contributed by atoms with Crippen LogP contribution in [0.15, 0.2) is 48.5 Å². The molecule has 2 saturated carbocycles. The van der Waals surface area contributed by atoms with Crippen LogP contribution < -0.4 is 5.32 Å². The smallest absolute Gasteiger partial charge is 0.0938 e. The highest BCUT2D eigenvalue weighted by Crippen LogP contribution is 2.64. The van der Waals surface area contributed by atoms with E-state index in [1.807, 2.05) is 0 Å². The van der Waals surface area contributed by atoms with Crippen LogP contribution in [0.2, 0.25) is 0 Å². The Balaban J connectivity index is 1.28. The fraction of sp³-hybridized carbons (Fsp3) is 0.586. The van der Waals surface area contributed by atoms with Crippen LogP contribution in [0.25, 0.3) is 0 Å². The summed E-state index contributed by atoms with van der Waals surface area (Å²) in [6, 6.07) is 18.7. The minimum atomic E-state index is 0.0110. The number of piperidine rings is 1. The van der Waals surface area contributed by atoms with Crippen LogP contribution in [0, 0.1) is 12.8 Å². The highest BCUT2D eigenvalue weighted by Gasteiger charge is 2.71. The first kappa shape index (κ1) is 19.8. The Labute approximate surface area is 192 Å². The van der Waals surface area contributed by atoms with Crippen molar-refractivity contribution in [2.75, 3.05) is 19.7 Å². The predicted octanol–water partition coefficient (Wildman–Crippen LogP) is 4.75. The van der Waals surface area contributed by atoms with Crippen molar-refractivity contribution in [1.82, 2.24) is 10.2 Å². The molecule has 32 heavy (non-hydrogen) atoms. The maximum atomic E-state index is 7.14. The Kier molecular flexibility index (Phi) is 4.27. The molecule has 2 aromatic rings. The lowest BCUT2D eigenvalue weighted by molar-refractivity contribution is -0.263. The van der Waals surface area contributed by atoms with E-state index in [2.05, 4.69) is 65.7 Å². The van der Waals surface area contributed by atoms with Crippen LogP contribution in [-0.4, -0.2) is 41.8 Å². The number of hydrogen-bond acceptors (Lipinski definition) is 3. The van der Waals surface area contributed by atoms with Crippen molar-refractivity contribution in [2.45, 2.75) is 81.0 Å². The van der Waals surface area contributed by atoms with Gasteiger partial charge in [0.25, 0.3) is 0 Å². The molecule has 3 heteroatoms. The third-order valence-corrected chi connectivity index (χ3v) is 9.73. The molecule has 0 aromatic heterocycles. The fourth-order valence-corrected chi connectivity index (χ4v) is 7.96. The second-order valence-corrected chi connectivity index (χ2v) is 11.6. The summed E-state index contributed by atoms with van der Waals surface area (Å²) in [6.45, 7) is 6.61. The van der Waals surface area contributed by atoms with Crippen LogP contribution in [-0.2, 0) is 23.1 Å². The Morgan fingerprint density at radius 3 is 2.72 bits per heavy atom. The number of hydrogen-bond donors (Lipinski definition) is 1. The Morgan fingerprint density at radius 2 is 1.94 bits per heavy atom. The maximum Gasteiger partial charge on any atom is 0.0938 e. The molecule has 0 radical (unpaired) electrons. The number of aryl methyl sites for hydroxylation is 1. The third-order valence-electron chi connectivity index (χ3n) is 9.73. The minimum absolute atomic E-state index is 0.0110. The van der Waals surface area contributed by atoms with Crippen LogP contribution in [0.3, 0.4) is 0 Å². The molecule has 2 aromatic carbocycles. The summed E-state index contributed by atoms with van der Waals surface area (Å²) in [4.78, 5) is 2.86. The number of ether oxygens (including phenoxy) is 1. The summed E-state index contributed by atoms with van der Waals surface area (Å²) in [5.41, 5.74) is 6.28. The zero-order valence-electron chi connectivity index (χ0n) is 19.4. The number of nitrogens with zero attached hydrogens (tertiary/aromatic N) is 1. The molecule has 6 aliphatic rings. The van der Waals surface area contributed by atoms with Gasteiger partial charge < -0.3 is 10.1 Å². The van der Waals surface area contributed by atoms with E-state index in [-0.39, 0.29) is 16.6 Å². The third kappa shape index (κ3) is 2.77. The molecule has 8 rings (SSSR count). The zero-order valence-corrected chi connectivity index (χ0v) is 19.4. The van der Waals surface area contributed by atoms with Crippen molar-refractivity contribution in [1.29, 1.82) is 0 Å². The highest BCUT2D eigenvalue weighted by atomic mass is 16.5.